The van der Waals surface area contributed by atoms with Gasteiger partial charge >= 0.3 is 5.97 Å². The molecule has 1 unspecified atom stereocenters. The van der Waals surface area contributed by atoms with Gasteiger partial charge in [-0.15, -0.1) is 0 Å². The van der Waals surface area contributed by atoms with Crippen LogP contribution in [0, 0.1) is 0 Å². The molecule has 0 aliphatic carbocycles. The van der Waals surface area contributed by atoms with Gasteiger partial charge in [0.25, 0.3) is 0 Å². The fraction of sp³-hybridized carbons (Fsp3) is 0.889. The minimum Gasteiger partial charge on any atom is -0.465 e. The van der Waals surface area contributed by atoms with Crippen LogP contribution in [0.3, 0.4) is 0 Å². The summed E-state index contributed by atoms with van der Waals surface area (Å²) in [7, 11) is 0. The molecule has 13 heavy (non-hydrogen) atoms. The Balaban J connectivity index is 2.57. The van der Waals surface area contributed by atoms with Gasteiger partial charge in [0.15, 0.2) is 0 Å². The summed E-state index contributed by atoms with van der Waals surface area (Å²) in [5.41, 5.74) is 0. The lowest BCUT2D eigenvalue weighted by Crippen LogP contribution is -2.41. The Morgan fingerprint density at radius 3 is 2.92 bits per heavy atom. The van der Waals surface area contributed by atoms with Crippen LogP contribution in [-0.4, -0.2) is 28.7 Å². The molecule has 76 valence electrons. The van der Waals surface area contributed by atoms with E-state index in [4.69, 9.17) is 9.47 Å². The van der Waals surface area contributed by atoms with Crippen molar-refractivity contribution < 1.29 is 14.3 Å². The molecule has 0 aromatic rings. The van der Waals surface area contributed by atoms with Gasteiger partial charge in [-0.05, 0) is 26.7 Å². The van der Waals surface area contributed by atoms with Gasteiger partial charge in [0.1, 0.15) is 3.42 Å². The van der Waals surface area contributed by atoms with Crippen LogP contribution in [0.25, 0.3) is 0 Å². The molecule has 0 bridgehead atoms. The van der Waals surface area contributed by atoms with E-state index in [2.05, 4.69) is 22.6 Å². The van der Waals surface area contributed by atoms with Crippen LogP contribution < -0.4 is 0 Å². The summed E-state index contributed by atoms with van der Waals surface area (Å²) >= 11 is 2.13. The molecular weight excluding hydrogens is 283 g/mol. The van der Waals surface area contributed by atoms with Gasteiger partial charge in [-0.2, -0.15) is 0 Å². The van der Waals surface area contributed by atoms with Gasteiger partial charge < -0.3 is 9.47 Å². The van der Waals surface area contributed by atoms with Gasteiger partial charge in [0.2, 0.25) is 0 Å². The number of carbonyl (C=O) groups excluding carboxylic acids is 1. The van der Waals surface area contributed by atoms with Crippen molar-refractivity contribution in [1.82, 2.24) is 0 Å². The summed E-state index contributed by atoms with van der Waals surface area (Å²) in [5.74, 6) is -0.164. The van der Waals surface area contributed by atoms with Crippen LogP contribution in [0.1, 0.15) is 26.7 Å². The minimum absolute atomic E-state index is 0.0205. The van der Waals surface area contributed by atoms with Gasteiger partial charge in [-0.25, -0.2) is 0 Å². The molecule has 1 aliphatic rings. The molecule has 1 saturated heterocycles. The second kappa shape index (κ2) is 4.59. The maximum absolute atomic E-state index is 11.5. The number of alkyl halides is 1. The van der Waals surface area contributed by atoms with E-state index in [0.717, 1.165) is 19.4 Å². The lowest BCUT2D eigenvalue weighted by molar-refractivity contribution is -0.148. The van der Waals surface area contributed by atoms with Crippen molar-refractivity contribution in [2.24, 2.45) is 0 Å². The highest BCUT2D eigenvalue weighted by molar-refractivity contribution is 14.1. The third-order valence-corrected chi connectivity index (χ3v) is 3.34. The zero-order valence-corrected chi connectivity index (χ0v) is 10.2. The molecule has 3 nitrogen and oxygen atoms in total. The molecule has 2 atom stereocenters. The molecule has 1 fully saturated rings. The standard InChI is InChI=1S/C9H15IO3/c1-3-12-8(11)9(2,10)7-5-4-6-13-7/h7H,3-6H2,1-2H3/t7-,9?/m1/s1. The zero-order chi connectivity index (χ0) is 9.90. The average Bonchev–Trinajstić information content (AvgIpc) is 2.56. The first-order valence-electron chi connectivity index (χ1n) is 4.56. The summed E-state index contributed by atoms with van der Waals surface area (Å²) in [6.45, 7) is 4.90. The Kier molecular flexibility index (Phi) is 3.97. The number of rotatable bonds is 3. The molecule has 1 aliphatic heterocycles. The van der Waals surface area contributed by atoms with Crippen molar-refractivity contribution in [3.05, 3.63) is 0 Å². The van der Waals surface area contributed by atoms with E-state index in [9.17, 15) is 4.79 Å². The fourth-order valence-electron chi connectivity index (χ4n) is 1.41. The van der Waals surface area contributed by atoms with Crippen molar-refractivity contribution >= 4 is 28.6 Å². The van der Waals surface area contributed by atoms with Crippen LogP contribution >= 0.6 is 22.6 Å². The number of ether oxygens (including phenoxy) is 2. The molecule has 0 spiro atoms. The molecule has 0 N–H and O–H groups in total. The third-order valence-electron chi connectivity index (χ3n) is 2.21. The molecule has 1 heterocycles. The quantitative estimate of drug-likeness (QED) is 0.454. The normalized spacial score (nSPS) is 26.8. The first-order valence-corrected chi connectivity index (χ1v) is 5.64. The molecule has 0 amide bonds. The lowest BCUT2D eigenvalue weighted by Gasteiger charge is -2.26. The monoisotopic (exact) mass is 298 g/mol. The SMILES string of the molecule is CCOC(=O)C(C)(I)[C@H]1CCCO1. The number of hydrogen-bond acceptors (Lipinski definition) is 3. The Labute approximate surface area is 92.3 Å². The number of halogens is 1. The predicted octanol–water partition coefficient (Wildman–Crippen LogP) is 1.92. The van der Waals surface area contributed by atoms with Gasteiger partial charge in [-0.3, -0.25) is 4.79 Å². The Morgan fingerprint density at radius 2 is 2.46 bits per heavy atom. The summed E-state index contributed by atoms with van der Waals surface area (Å²) in [4.78, 5) is 11.5. The average molecular weight is 298 g/mol. The summed E-state index contributed by atoms with van der Waals surface area (Å²) in [6.07, 6.45) is 2.02. The van der Waals surface area contributed by atoms with Gasteiger partial charge in [-0.1, -0.05) is 22.6 Å². The van der Waals surface area contributed by atoms with Crippen molar-refractivity contribution in [1.29, 1.82) is 0 Å². The summed E-state index contributed by atoms with van der Waals surface area (Å²) in [5, 5.41) is 0. The first kappa shape index (κ1) is 11.2. The van der Waals surface area contributed by atoms with E-state index in [1.807, 2.05) is 13.8 Å². The van der Waals surface area contributed by atoms with E-state index in [-0.39, 0.29) is 12.1 Å². The minimum atomic E-state index is -0.524. The summed E-state index contributed by atoms with van der Waals surface area (Å²) < 4.78 is 9.95. The maximum atomic E-state index is 11.5. The van der Waals surface area contributed by atoms with Crippen molar-refractivity contribution in [3.8, 4) is 0 Å². The predicted molar refractivity (Wildman–Crippen MR) is 58.0 cm³/mol. The van der Waals surface area contributed by atoms with Crippen molar-refractivity contribution in [2.75, 3.05) is 13.2 Å². The van der Waals surface area contributed by atoms with E-state index in [1.54, 1.807) is 0 Å². The number of carbonyl (C=O) groups is 1. The van der Waals surface area contributed by atoms with Gasteiger partial charge in [0, 0.05) is 6.61 Å². The van der Waals surface area contributed by atoms with E-state index in [1.165, 1.54) is 0 Å². The van der Waals surface area contributed by atoms with Crippen molar-refractivity contribution in [2.45, 2.75) is 36.2 Å². The number of hydrogen-bond donors (Lipinski definition) is 0. The highest BCUT2D eigenvalue weighted by Crippen LogP contribution is 2.32. The van der Waals surface area contributed by atoms with Crippen molar-refractivity contribution in [3.63, 3.8) is 0 Å². The van der Waals surface area contributed by atoms with Crippen LogP contribution in [0.5, 0.6) is 0 Å². The third kappa shape index (κ3) is 2.56. The molecule has 4 heteroatoms. The summed E-state index contributed by atoms with van der Waals surface area (Å²) in [6, 6.07) is 0. The molecular formula is C9H15IO3. The highest BCUT2D eigenvalue weighted by Gasteiger charge is 2.42. The molecule has 0 aromatic heterocycles. The van der Waals surface area contributed by atoms with E-state index in [0.29, 0.717) is 6.61 Å². The molecule has 0 saturated carbocycles. The maximum Gasteiger partial charge on any atom is 0.324 e. The second-order valence-electron chi connectivity index (χ2n) is 3.30. The Bertz CT molecular complexity index is 185. The van der Waals surface area contributed by atoms with E-state index >= 15 is 0 Å². The smallest absolute Gasteiger partial charge is 0.324 e. The molecule has 0 radical (unpaired) electrons. The fourth-order valence-corrected chi connectivity index (χ4v) is 2.06. The second-order valence-corrected chi connectivity index (χ2v) is 5.54. The Morgan fingerprint density at radius 1 is 1.77 bits per heavy atom. The van der Waals surface area contributed by atoms with E-state index < -0.39 is 3.42 Å². The number of esters is 1. The van der Waals surface area contributed by atoms with Crippen LogP contribution in [0.2, 0.25) is 0 Å². The zero-order valence-electron chi connectivity index (χ0n) is 8.01. The molecule has 0 aromatic carbocycles. The van der Waals surface area contributed by atoms with Crippen LogP contribution in [-0.2, 0) is 14.3 Å². The van der Waals surface area contributed by atoms with Crippen LogP contribution in [0.4, 0.5) is 0 Å². The lowest BCUT2D eigenvalue weighted by atomic mass is 10.0. The first-order chi connectivity index (χ1) is 6.09. The largest absolute Gasteiger partial charge is 0.465 e. The van der Waals surface area contributed by atoms with Gasteiger partial charge in [0.05, 0.1) is 12.7 Å². The topological polar surface area (TPSA) is 35.5 Å². The molecule has 1 rings (SSSR count). The van der Waals surface area contributed by atoms with Crippen LogP contribution in [0.15, 0.2) is 0 Å². The highest BCUT2D eigenvalue weighted by atomic mass is 127. The Hall–Kier alpha value is 0.160.